The molecular weight excluding hydrogens is 188 g/mol. The SMILES string of the molecule is CN1CCCC(C(=O)C(C)(C)CCN)C1. The first kappa shape index (κ1) is 12.7. The van der Waals surface area contributed by atoms with Crippen LogP contribution < -0.4 is 5.73 Å². The van der Waals surface area contributed by atoms with E-state index in [4.69, 9.17) is 5.73 Å². The average molecular weight is 212 g/mol. The summed E-state index contributed by atoms with van der Waals surface area (Å²) in [6.07, 6.45) is 2.99. The summed E-state index contributed by atoms with van der Waals surface area (Å²) in [5.74, 6) is 0.629. The summed E-state index contributed by atoms with van der Waals surface area (Å²) in [7, 11) is 2.09. The van der Waals surface area contributed by atoms with Gasteiger partial charge in [-0.2, -0.15) is 0 Å². The topological polar surface area (TPSA) is 46.3 Å². The third kappa shape index (κ3) is 3.28. The minimum atomic E-state index is -0.238. The van der Waals surface area contributed by atoms with Crippen molar-refractivity contribution >= 4 is 5.78 Å². The van der Waals surface area contributed by atoms with Gasteiger partial charge < -0.3 is 10.6 Å². The van der Waals surface area contributed by atoms with E-state index in [1.807, 2.05) is 13.8 Å². The van der Waals surface area contributed by atoms with Crippen LogP contribution in [0.3, 0.4) is 0 Å². The minimum absolute atomic E-state index is 0.227. The van der Waals surface area contributed by atoms with Gasteiger partial charge >= 0.3 is 0 Å². The van der Waals surface area contributed by atoms with Gasteiger partial charge in [-0.25, -0.2) is 0 Å². The molecule has 0 aromatic carbocycles. The maximum atomic E-state index is 12.3. The molecule has 1 saturated heterocycles. The second-order valence-electron chi connectivity index (χ2n) is 5.39. The van der Waals surface area contributed by atoms with Crippen molar-refractivity contribution in [1.29, 1.82) is 0 Å². The van der Waals surface area contributed by atoms with Crippen LogP contribution in [0.5, 0.6) is 0 Å². The molecule has 15 heavy (non-hydrogen) atoms. The quantitative estimate of drug-likeness (QED) is 0.763. The summed E-state index contributed by atoms with van der Waals surface area (Å²) in [5.41, 5.74) is 5.31. The molecule has 1 rings (SSSR count). The Balaban J connectivity index is 2.58. The van der Waals surface area contributed by atoms with Crippen LogP contribution in [0.2, 0.25) is 0 Å². The zero-order chi connectivity index (χ0) is 11.5. The van der Waals surface area contributed by atoms with E-state index in [2.05, 4.69) is 11.9 Å². The van der Waals surface area contributed by atoms with Crippen molar-refractivity contribution in [2.24, 2.45) is 17.1 Å². The molecule has 1 fully saturated rings. The standard InChI is InChI=1S/C12H24N2O/c1-12(2,6-7-13)11(15)10-5-4-8-14(3)9-10/h10H,4-9,13H2,1-3H3. The summed E-state index contributed by atoms with van der Waals surface area (Å²) in [6, 6.07) is 0. The maximum absolute atomic E-state index is 12.3. The van der Waals surface area contributed by atoms with Crippen LogP contribution >= 0.6 is 0 Å². The van der Waals surface area contributed by atoms with Crippen molar-refractivity contribution in [2.45, 2.75) is 33.1 Å². The van der Waals surface area contributed by atoms with Crippen molar-refractivity contribution < 1.29 is 4.79 Å². The molecule has 0 aliphatic carbocycles. The molecule has 0 spiro atoms. The molecule has 0 aromatic heterocycles. The van der Waals surface area contributed by atoms with E-state index >= 15 is 0 Å². The number of carbonyl (C=O) groups is 1. The second kappa shape index (κ2) is 5.08. The zero-order valence-corrected chi connectivity index (χ0v) is 10.3. The van der Waals surface area contributed by atoms with Gasteiger partial charge in [0.25, 0.3) is 0 Å². The normalized spacial score (nSPS) is 24.1. The van der Waals surface area contributed by atoms with Crippen molar-refractivity contribution in [3.05, 3.63) is 0 Å². The van der Waals surface area contributed by atoms with E-state index in [0.29, 0.717) is 12.3 Å². The zero-order valence-electron chi connectivity index (χ0n) is 10.3. The van der Waals surface area contributed by atoms with Crippen LogP contribution in [0.1, 0.15) is 33.1 Å². The first-order valence-corrected chi connectivity index (χ1v) is 5.90. The van der Waals surface area contributed by atoms with Crippen molar-refractivity contribution in [2.75, 3.05) is 26.7 Å². The monoisotopic (exact) mass is 212 g/mol. The van der Waals surface area contributed by atoms with Gasteiger partial charge in [0.05, 0.1) is 0 Å². The predicted octanol–water partition coefficient (Wildman–Crippen LogP) is 1.27. The smallest absolute Gasteiger partial charge is 0.142 e. The van der Waals surface area contributed by atoms with Gasteiger partial charge in [-0.05, 0) is 39.4 Å². The van der Waals surface area contributed by atoms with Gasteiger partial charge in [0.15, 0.2) is 0 Å². The van der Waals surface area contributed by atoms with E-state index in [1.165, 1.54) is 0 Å². The van der Waals surface area contributed by atoms with Gasteiger partial charge in [0.1, 0.15) is 5.78 Å². The number of carbonyl (C=O) groups excluding carboxylic acids is 1. The molecule has 0 amide bonds. The Bertz CT molecular complexity index is 226. The fraction of sp³-hybridized carbons (Fsp3) is 0.917. The lowest BCUT2D eigenvalue weighted by atomic mass is 9.76. The number of likely N-dealkylation sites (tertiary alicyclic amines) is 1. The molecule has 0 bridgehead atoms. The second-order valence-corrected chi connectivity index (χ2v) is 5.39. The highest BCUT2D eigenvalue weighted by Crippen LogP contribution is 2.29. The molecule has 1 heterocycles. The Morgan fingerprint density at radius 3 is 2.73 bits per heavy atom. The molecule has 0 aromatic rings. The van der Waals surface area contributed by atoms with Crippen molar-refractivity contribution in [1.82, 2.24) is 4.90 Å². The molecule has 1 aliphatic rings. The Labute approximate surface area is 93.0 Å². The molecule has 88 valence electrons. The Hall–Kier alpha value is -0.410. The maximum Gasteiger partial charge on any atom is 0.142 e. The van der Waals surface area contributed by atoms with Crippen LogP contribution in [-0.4, -0.2) is 37.4 Å². The Morgan fingerprint density at radius 2 is 2.20 bits per heavy atom. The largest absolute Gasteiger partial charge is 0.330 e. The van der Waals surface area contributed by atoms with Crippen LogP contribution in [0.4, 0.5) is 0 Å². The number of hydrogen-bond donors (Lipinski definition) is 1. The molecule has 1 atom stereocenters. The average Bonchev–Trinajstić information content (AvgIpc) is 2.16. The summed E-state index contributed by atoms with van der Waals surface area (Å²) in [5, 5.41) is 0. The van der Waals surface area contributed by atoms with Crippen LogP contribution in [0.15, 0.2) is 0 Å². The molecule has 0 saturated carbocycles. The van der Waals surface area contributed by atoms with Gasteiger partial charge in [0.2, 0.25) is 0 Å². The third-order valence-corrected chi connectivity index (χ3v) is 3.43. The highest BCUT2D eigenvalue weighted by molar-refractivity contribution is 5.86. The fourth-order valence-corrected chi connectivity index (χ4v) is 2.42. The lowest BCUT2D eigenvalue weighted by Gasteiger charge is -2.34. The molecular formula is C12H24N2O. The van der Waals surface area contributed by atoms with E-state index in [0.717, 1.165) is 32.4 Å². The van der Waals surface area contributed by atoms with Gasteiger partial charge in [-0.1, -0.05) is 13.8 Å². The summed E-state index contributed by atoms with van der Waals surface area (Å²) < 4.78 is 0. The number of rotatable bonds is 4. The van der Waals surface area contributed by atoms with Crippen molar-refractivity contribution in [3.8, 4) is 0 Å². The Kier molecular flexibility index (Phi) is 4.29. The number of hydrogen-bond acceptors (Lipinski definition) is 3. The van der Waals surface area contributed by atoms with Crippen LogP contribution in [0.25, 0.3) is 0 Å². The first-order chi connectivity index (χ1) is 6.97. The fourth-order valence-electron chi connectivity index (χ4n) is 2.42. The minimum Gasteiger partial charge on any atom is -0.330 e. The molecule has 1 aliphatic heterocycles. The van der Waals surface area contributed by atoms with E-state index in [1.54, 1.807) is 0 Å². The van der Waals surface area contributed by atoms with E-state index < -0.39 is 0 Å². The molecule has 3 nitrogen and oxygen atoms in total. The Morgan fingerprint density at radius 1 is 1.53 bits per heavy atom. The summed E-state index contributed by atoms with van der Waals surface area (Å²) in [6.45, 7) is 6.70. The number of piperidine rings is 1. The molecule has 3 heteroatoms. The molecule has 0 radical (unpaired) electrons. The number of nitrogens with two attached hydrogens (primary N) is 1. The van der Waals surface area contributed by atoms with E-state index in [-0.39, 0.29) is 11.3 Å². The summed E-state index contributed by atoms with van der Waals surface area (Å²) >= 11 is 0. The van der Waals surface area contributed by atoms with Gasteiger partial charge in [-0.3, -0.25) is 4.79 Å². The van der Waals surface area contributed by atoms with Crippen molar-refractivity contribution in [3.63, 3.8) is 0 Å². The van der Waals surface area contributed by atoms with E-state index in [9.17, 15) is 4.79 Å². The lowest BCUT2D eigenvalue weighted by molar-refractivity contribution is -0.133. The van der Waals surface area contributed by atoms with Gasteiger partial charge in [0, 0.05) is 17.9 Å². The van der Waals surface area contributed by atoms with Crippen LogP contribution in [0, 0.1) is 11.3 Å². The number of ketones is 1. The molecule has 2 N–H and O–H groups in total. The summed E-state index contributed by atoms with van der Waals surface area (Å²) in [4.78, 5) is 14.5. The predicted molar refractivity (Wildman–Crippen MR) is 62.7 cm³/mol. The number of nitrogens with zero attached hydrogens (tertiary/aromatic N) is 1. The highest BCUT2D eigenvalue weighted by Gasteiger charge is 2.34. The highest BCUT2D eigenvalue weighted by atomic mass is 16.1. The number of Topliss-reactive ketones (excluding diaryl/α,β-unsaturated/α-hetero) is 1. The molecule has 1 unspecified atom stereocenters. The first-order valence-electron chi connectivity index (χ1n) is 5.90. The van der Waals surface area contributed by atoms with Crippen LogP contribution in [-0.2, 0) is 4.79 Å². The third-order valence-electron chi connectivity index (χ3n) is 3.43. The lowest BCUT2D eigenvalue weighted by Crippen LogP contribution is -2.41. The van der Waals surface area contributed by atoms with Gasteiger partial charge in [-0.15, -0.1) is 0 Å².